The first kappa shape index (κ1) is 13.5. The van der Waals surface area contributed by atoms with Gasteiger partial charge in [-0.2, -0.15) is 0 Å². The Labute approximate surface area is 111 Å². The van der Waals surface area contributed by atoms with E-state index in [2.05, 4.69) is 47.0 Å². The van der Waals surface area contributed by atoms with E-state index >= 15 is 0 Å². The van der Waals surface area contributed by atoms with E-state index in [-0.39, 0.29) is 5.91 Å². The summed E-state index contributed by atoms with van der Waals surface area (Å²) >= 11 is 2.32. The minimum absolute atomic E-state index is 0.160. The lowest BCUT2D eigenvalue weighted by Crippen LogP contribution is -2.24. The van der Waals surface area contributed by atoms with E-state index in [0.717, 1.165) is 23.8 Å². The van der Waals surface area contributed by atoms with Gasteiger partial charge in [-0.05, 0) is 30.9 Å². The number of rotatable bonds is 6. The van der Waals surface area contributed by atoms with Crippen LogP contribution < -0.4 is 5.32 Å². The molecule has 0 aromatic heterocycles. The number of halogens is 1. The highest BCUT2D eigenvalue weighted by molar-refractivity contribution is 14.1. The largest absolute Gasteiger partial charge is 0.356 e. The van der Waals surface area contributed by atoms with Crippen molar-refractivity contribution in [2.45, 2.75) is 26.2 Å². The molecule has 0 heterocycles. The number of alkyl halides is 1. The number of benzene rings is 1. The minimum atomic E-state index is 0.160. The molecule has 0 saturated carbocycles. The Hall–Kier alpha value is -0.580. The lowest BCUT2D eigenvalue weighted by Gasteiger charge is -2.06. The van der Waals surface area contributed by atoms with Crippen molar-refractivity contribution in [1.29, 1.82) is 0 Å². The molecule has 88 valence electrons. The van der Waals surface area contributed by atoms with Crippen LogP contribution in [0, 0.1) is 6.92 Å². The molecule has 0 aliphatic heterocycles. The van der Waals surface area contributed by atoms with E-state index in [0.29, 0.717) is 6.42 Å². The monoisotopic (exact) mass is 331 g/mol. The van der Waals surface area contributed by atoms with Crippen LogP contribution in [0.5, 0.6) is 0 Å². The normalized spacial score (nSPS) is 10.1. The lowest BCUT2D eigenvalue weighted by atomic mass is 10.0. The van der Waals surface area contributed by atoms with Crippen LogP contribution in [-0.4, -0.2) is 16.9 Å². The topological polar surface area (TPSA) is 29.1 Å². The summed E-state index contributed by atoms with van der Waals surface area (Å²) in [4.78, 5) is 11.5. The third kappa shape index (κ3) is 4.96. The van der Waals surface area contributed by atoms with Crippen LogP contribution in [-0.2, 0) is 11.2 Å². The van der Waals surface area contributed by atoms with Gasteiger partial charge in [0, 0.05) is 17.4 Å². The van der Waals surface area contributed by atoms with Crippen molar-refractivity contribution in [1.82, 2.24) is 5.32 Å². The summed E-state index contributed by atoms with van der Waals surface area (Å²) in [5.41, 5.74) is 2.54. The number of hydrogen-bond acceptors (Lipinski definition) is 1. The fraction of sp³-hybridized carbons (Fsp3) is 0.462. The Balaban J connectivity index is 2.29. The molecule has 0 bridgehead atoms. The molecular formula is C13H18INO. The Morgan fingerprint density at radius 1 is 1.38 bits per heavy atom. The zero-order valence-electron chi connectivity index (χ0n) is 9.63. The van der Waals surface area contributed by atoms with E-state index < -0.39 is 0 Å². The number of nitrogens with one attached hydrogen (secondary N) is 1. The zero-order chi connectivity index (χ0) is 11.8. The van der Waals surface area contributed by atoms with Crippen molar-refractivity contribution in [3.05, 3.63) is 35.4 Å². The molecule has 1 amide bonds. The van der Waals surface area contributed by atoms with Crippen molar-refractivity contribution in [3.63, 3.8) is 0 Å². The average molecular weight is 331 g/mol. The third-order valence-corrected chi connectivity index (χ3v) is 3.28. The van der Waals surface area contributed by atoms with Gasteiger partial charge in [0.25, 0.3) is 0 Å². The summed E-state index contributed by atoms with van der Waals surface area (Å²) in [5.74, 6) is 0.160. The Bertz CT molecular complexity index is 338. The summed E-state index contributed by atoms with van der Waals surface area (Å²) in [6.07, 6.45) is 2.48. The molecule has 1 N–H and O–H groups in total. The molecule has 16 heavy (non-hydrogen) atoms. The average Bonchev–Trinajstić information content (AvgIpc) is 2.28. The van der Waals surface area contributed by atoms with Gasteiger partial charge < -0.3 is 5.32 Å². The van der Waals surface area contributed by atoms with E-state index in [1.165, 1.54) is 11.1 Å². The van der Waals surface area contributed by atoms with E-state index in [1.54, 1.807) is 0 Å². The number of hydrogen-bond donors (Lipinski definition) is 1. The molecule has 1 rings (SSSR count). The van der Waals surface area contributed by atoms with Crippen LogP contribution in [0.3, 0.4) is 0 Å². The molecule has 0 atom stereocenters. The van der Waals surface area contributed by atoms with Crippen LogP contribution in [0.4, 0.5) is 0 Å². The Morgan fingerprint density at radius 3 is 2.81 bits per heavy atom. The number of carbonyl (C=O) groups is 1. The van der Waals surface area contributed by atoms with Crippen LogP contribution in [0.2, 0.25) is 0 Å². The summed E-state index contributed by atoms with van der Waals surface area (Å²) in [6, 6.07) is 8.23. The molecule has 0 unspecified atom stereocenters. The zero-order valence-corrected chi connectivity index (χ0v) is 11.8. The predicted molar refractivity (Wildman–Crippen MR) is 76.0 cm³/mol. The van der Waals surface area contributed by atoms with Gasteiger partial charge in [0.05, 0.1) is 0 Å². The highest BCUT2D eigenvalue weighted by atomic mass is 127. The van der Waals surface area contributed by atoms with E-state index in [4.69, 9.17) is 0 Å². The van der Waals surface area contributed by atoms with Gasteiger partial charge in [-0.15, -0.1) is 0 Å². The molecule has 0 radical (unpaired) electrons. The van der Waals surface area contributed by atoms with E-state index in [1.807, 2.05) is 12.1 Å². The minimum Gasteiger partial charge on any atom is -0.356 e. The summed E-state index contributed by atoms with van der Waals surface area (Å²) < 4.78 is 1.09. The fourth-order valence-electron chi connectivity index (χ4n) is 1.52. The van der Waals surface area contributed by atoms with Gasteiger partial charge in [-0.1, -0.05) is 46.9 Å². The second kappa shape index (κ2) is 7.65. The first-order valence-corrected chi connectivity index (χ1v) is 7.13. The smallest absolute Gasteiger partial charge is 0.220 e. The molecule has 1 aromatic carbocycles. The second-order valence-corrected chi connectivity index (χ2v) is 4.90. The summed E-state index contributed by atoms with van der Waals surface area (Å²) in [5, 5.41) is 2.93. The maximum Gasteiger partial charge on any atom is 0.220 e. The van der Waals surface area contributed by atoms with Crippen LogP contribution in [0.15, 0.2) is 24.3 Å². The molecule has 0 aliphatic rings. The van der Waals surface area contributed by atoms with Gasteiger partial charge in [-0.3, -0.25) is 4.79 Å². The van der Waals surface area contributed by atoms with E-state index in [9.17, 15) is 4.79 Å². The summed E-state index contributed by atoms with van der Waals surface area (Å²) in [6.45, 7) is 2.89. The Morgan fingerprint density at radius 2 is 2.12 bits per heavy atom. The molecule has 2 nitrogen and oxygen atoms in total. The Kier molecular flexibility index (Phi) is 6.45. The first-order chi connectivity index (χ1) is 7.74. The van der Waals surface area contributed by atoms with Gasteiger partial charge in [0.1, 0.15) is 0 Å². The predicted octanol–water partition coefficient (Wildman–Crippen LogP) is 2.87. The first-order valence-electron chi connectivity index (χ1n) is 5.61. The third-order valence-electron chi connectivity index (χ3n) is 2.52. The van der Waals surface area contributed by atoms with Gasteiger partial charge in [-0.25, -0.2) is 0 Å². The highest BCUT2D eigenvalue weighted by Gasteiger charge is 2.02. The SMILES string of the molecule is Cc1ccccc1CCC(=O)NCCCI. The quantitative estimate of drug-likeness (QED) is 0.485. The van der Waals surface area contributed by atoms with Crippen molar-refractivity contribution < 1.29 is 4.79 Å². The van der Waals surface area contributed by atoms with Crippen molar-refractivity contribution >= 4 is 28.5 Å². The van der Waals surface area contributed by atoms with Gasteiger partial charge in [0.15, 0.2) is 0 Å². The molecule has 1 aromatic rings. The van der Waals surface area contributed by atoms with Crippen LogP contribution in [0.25, 0.3) is 0 Å². The standard InChI is InChI=1S/C13H18INO/c1-11-5-2-3-6-12(11)7-8-13(16)15-10-4-9-14/h2-3,5-6H,4,7-10H2,1H3,(H,15,16). The van der Waals surface area contributed by atoms with Crippen molar-refractivity contribution in [3.8, 4) is 0 Å². The number of aryl methyl sites for hydroxylation is 2. The molecule has 0 spiro atoms. The number of carbonyl (C=O) groups excluding carboxylic acids is 1. The van der Waals surface area contributed by atoms with Gasteiger partial charge >= 0.3 is 0 Å². The van der Waals surface area contributed by atoms with Gasteiger partial charge in [0.2, 0.25) is 5.91 Å². The second-order valence-electron chi connectivity index (χ2n) is 3.82. The lowest BCUT2D eigenvalue weighted by molar-refractivity contribution is -0.121. The molecule has 3 heteroatoms. The van der Waals surface area contributed by atoms with Crippen molar-refractivity contribution in [2.75, 3.05) is 11.0 Å². The van der Waals surface area contributed by atoms with Crippen LogP contribution >= 0.6 is 22.6 Å². The fourth-order valence-corrected chi connectivity index (χ4v) is 1.90. The molecule has 0 aliphatic carbocycles. The summed E-state index contributed by atoms with van der Waals surface area (Å²) in [7, 11) is 0. The number of amides is 1. The highest BCUT2D eigenvalue weighted by Crippen LogP contribution is 2.09. The molecular weight excluding hydrogens is 313 g/mol. The van der Waals surface area contributed by atoms with Crippen LogP contribution in [0.1, 0.15) is 24.0 Å². The maximum atomic E-state index is 11.5. The molecule has 0 saturated heterocycles. The maximum absolute atomic E-state index is 11.5. The van der Waals surface area contributed by atoms with Crippen molar-refractivity contribution in [2.24, 2.45) is 0 Å². The molecule has 0 fully saturated rings.